The molecule has 2 rings (SSSR count). The van der Waals surface area contributed by atoms with Crippen LogP contribution in [-0.4, -0.2) is 28.2 Å². The summed E-state index contributed by atoms with van der Waals surface area (Å²) < 4.78 is 5.11. The Morgan fingerprint density at radius 3 is 2.79 bits per heavy atom. The van der Waals surface area contributed by atoms with Crippen molar-refractivity contribution in [3.63, 3.8) is 0 Å². The van der Waals surface area contributed by atoms with Gasteiger partial charge in [-0.2, -0.15) is 0 Å². The van der Waals surface area contributed by atoms with Gasteiger partial charge in [-0.25, -0.2) is 14.8 Å². The van der Waals surface area contributed by atoms with Gasteiger partial charge in [-0.3, -0.25) is 0 Å². The molecule has 0 aliphatic heterocycles. The van der Waals surface area contributed by atoms with Crippen LogP contribution in [0.4, 0.5) is 11.5 Å². The van der Waals surface area contributed by atoms with E-state index in [1.807, 2.05) is 18.2 Å². The molecule has 0 saturated carbocycles. The van der Waals surface area contributed by atoms with Crippen molar-refractivity contribution < 1.29 is 14.6 Å². The maximum atomic E-state index is 10.9. The second-order valence-corrected chi connectivity index (χ2v) is 3.85. The third-order valence-corrected chi connectivity index (χ3v) is 2.40. The molecule has 2 aromatic rings. The maximum absolute atomic E-state index is 10.9. The molecule has 0 spiro atoms. The lowest BCUT2D eigenvalue weighted by atomic mass is 10.3. The number of nitrogens with zero attached hydrogens (tertiary/aromatic N) is 2. The van der Waals surface area contributed by atoms with Crippen molar-refractivity contribution in [2.45, 2.75) is 6.92 Å². The summed E-state index contributed by atoms with van der Waals surface area (Å²) in [6.45, 7) is 1.64. The first kappa shape index (κ1) is 12.8. The van der Waals surface area contributed by atoms with Crippen LogP contribution in [-0.2, 0) is 0 Å². The maximum Gasteiger partial charge on any atom is 0.354 e. The van der Waals surface area contributed by atoms with E-state index in [2.05, 4.69) is 15.3 Å². The van der Waals surface area contributed by atoms with Gasteiger partial charge in [-0.15, -0.1) is 0 Å². The molecule has 1 aromatic carbocycles. The van der Waals surface area contributed by atoms with Crippen molar-refractivity contribution in [3.05, 3.63) is 41.9 Å². The van der Waals surface area contributed by atoms with E-state index in [9.17, 15) is 4.79 Å². The molecule has 0 unspecified atom stereocenters. The van der Waals surface area contributed by atoms with Crippen LogP contribution in [0.5, 0.6) is 5.75 Å². The molecule has 19 heavy (non-hydrogen) atoms. The van der Waals surface area contributed by atoms with Crippen molar-refractivity contribution in [2.75, 3.05) is 12.4 Å². The van der Waals surface area contributed by atoms with Gasteiger partial charge in [0.05, 0.1) is 7.11 Å². The molecule has 0 saturated heterocycles. The van der Waals surface area contributed by atoms with E-state index >= 15 is 0 Å². The molecule has 0 atom stereocenters. The number of aromatic carboxylic acids is 1. The quantitative estimate of drug-likeness (QED) is 0.875. The van der Waals surface area contributed by atoms with E-state index in [0.29, 0.717) is 17.4 Å². The van der Waals surface area contributed by atoms with Crippen molar-refractivity contribution in [1.29, 1.82) is 0 Å². The molecule has 0 amide bonds. The molecule has 0 aliphatic carbocycles. The first-order chi connectivity index (χ1) is 9.08. The number of carbonyl (C=O) groups is 1. The van der Waals surface area contributed by atoms with Crippen LogP contribution in [0.1, 0.15) is 16.3 Å². The van der Waals surface area contributed by atoms with Crippen LogP contribution >= 0.6 is 0 Å². The summed E-state index contributed by atoms with van der Waals surface area (Å²) in [6.07, 6.45) is 0. The van der Waals surface area contributed by atoms with Crippen LogP contribution in [0.3, 0.4) is 0 Å². The van der Waals surface area contributed by atoms with E-state index in [4.69, 9.17) is 9.84 Å². The van der Waals surface area contributed by atoms with Crippen molar-refractivity contribution in [3.8, 4) is 5.75 Å². The highest BCUT2D eigenvalue weighted by Gasteiger charge is 2.08. The van der Waals surface area contributed by atoms with Gasteiger partial charge in [0, 0.05) is 17.8 Å². The number of nitrogens with one attached hydrogen (secondary N) is 1. The van der Waals surface area contributed by atoms with Crippen LogP contribution in [0.15, 0.2) is 30.3 Å². The van der Waals surface area contributed by atoms with Gasteiger partial charge in [0.15, 0.2) is 5.69 Å². The van der Waals surface area contributed by atoms with Gasteiger partial charge < -0.3 is 15.2 Å². The monoisotopic (exact) mass is 259 g/mol. The van der Waals surface area contributed by atoms with Crippen LogP contribution < -0.4 is 10.1 Å². The lowest BCUT2D eigenvalue weighted by Crippen LogP contribution is -2.05. The lowest BCUT2D eigenvalue weighted by molar-refractivity contribution is 0.0690. The van der Waals surface area contributed by atoms with Gasteiger partial charge in [0.25, 0.3) is 0 Å². The fourth-order valence-electron chi connectivity index (χ4n) is 1.59. The number of hydrogen-bond donors (Lipinski definition) is 2. The van der Waals surface area contributed by atoms with Crippen molar-refractivity contribution >= 4 is 17.5 Å². The summed E-state index contributed by atoms with van der Waals surface area (Å²) in [5.41, 5.74) is 0.715. The smallest absolute Gasteiger partial charge is 0.354 e. The minimum absolute atomic E-state index is 0.0436. The minimum Gasteiger partial charge on any atom is -0.497 e. The Morgan fingerprint density at radius 1 is 1.32 bits per heavy atom. The molecular weight excluding hydrogens is 246 g/mol. The Balaban J connectivity index is 2.29. The molecule has 0 fully saturated rings. The van der Waals surface area contributed by atoms with Crippen molar-refractivity contribution in [1.82, 2.24) is 9.97 Å². The van der Waals surface area contributed by atoms with E-state index in [-0.39, 0.29) is 5.69 Å². The van der Waals surface area contributed by atoms with Gasteiger partial charge in [0.1, 0.15) is 17.4 Å². The molecule has 0 bridgehead atoms. The fraction of sp³-hybridized carbons (Fsp3) is 0.154. The van der Waals surface area contributed by atoms with E-state index in [1.54, 1.807) is 20.1 Å². The summed E-state index contributed by atoms with van der Waals surface area (Å²) in [6, 6.07) is 8.65. The number of aryl methyl sites for hydroxylation is 1. The molecule has 1 aromatic heterocycles. The SMILES string of the molecule is COc1cccc(Nc2cc(C(=O)O)nc(C)n2)c1. The molecule has 98 valence electrons. The predicted octanol–water partition coefficient (Wildman–Crippen LogP) is 2.24. The van der Waals surface area contributed by atoms with E-state index in [1.165, 1.54) is 6.07 Å². The Hall–Kier alpha value is -2.63. The summed E-state index contributed by atoms with van der Waals surface area (Å²) in [5, 5.41) is 12.0. The number of aromatic nitrogens is 2. The van der Waals surface area contributed by atoms with E-state index in [0.717, 1.165) is 5.69 Å². The Morgan fingerprint density at radius 2 is 2.11 bits per heavy atom. The van der Waals surface area contributed by atoms with E-state index < -0.39 is 5.97 Å². The highest BCUT2D eigenvalue weighted by atomic mass is 16.5. The number of anilines is 2. The van der Waals surface area contributed by atoms with Crippen molar-refractivity contribution in [2.24, 2.45) is 0 Å². The standard InChI is InChI=1S/C13H13N3O3/c1-8-14-11(13(17)18)7-12(15-8)16-9-4-3-5-10(6-9)19-2/h3-7H,1-2H3,(H,17,18)(H,14,15,16). The zero-order valence-electron chi connectivity index (χ0n) is 10.5. The number of rotatable bonds is 4. The van der Waals surface area contributed by atoms with Crippen LogP contribution in [0, 0.1) is 6.92 Å². The molecular formula is C13H13N3O3. The summed E-state index contributed by atoms with van der Waals surface area (Å²) in [7, 11) is 1.58. The normalized spacial score (nSPS) is 10.0. The average Bonchev–Trinajstić information content (AvgIpc) is 2.38. The molecule has 6 nitrogen and oxygen atoms in total. The molecule has 0 radical (unpaired) electrons. The summed E-state index contributed by atoms with van der Waals surface area (Å²) in [4.78, 5) is 18.9. The topological polar surface area (TPSA) is 84.3 Å². The number of methoxy groups -OCH3 is 1. The highest BCUT2D eigenvalue weighted by molar-refractivity contribution is 5.86. The number of carboxylic acids is 1. The number of ether oxygens (including phenoxy) is 1. The Kier molecular flexibility index (Phi) is 3.61. The third-order valence-electron chi connectivity index (χ3n) is 2.40. The summed E-state index contributed by atoms with van der Waals surface area (Å²) >= 11 is 0. The number of carboxylic acid groups (broad SMARTS) is 1. The second-order valence-electron chi connectivity index (χ2n) is 3.85. The lowest BCUT2D eigenvalue weighted by Gasteiger charge is -2.08. The van der Waals surface area contributed by atoms with Gasteiger partial charge in [0.2, 0.25) is 0 Å². The largest absolute Gasteiger partial charge is 0.497 e. The third kappa shape index (κ3) is 3.19. The second kappa shape index (κ2) is 5.34. The van der Waals surface area contributed by atoms with Gasteiger partial charge in [-0.1, -0.05) is 6.07 Å². The highest BCUT2D eigenvalue weighted by Crippen LogP contribution is 2.20. The van der Waals surface area contributed by atoms with Gasteiger partial charge >= 0.3 is 5.97 Å². The fourth-order valence-corrected chi connectivity index (χ4v) is 1.59. The Bertz CT molecular complexity index is 614. The zero-order chi connectivity index (χ0) is 13.8. The predicted molar refractivity (Wildman–Crippen MR) is 70.0 cm³/mol. The minimum atomic E-state index is -1.08. The first-order valence-electron chi connectivity index (χ1n) is 5.58. The van der Waals surface area contributed by atoms with Gasteiger partial charge in [-0.05, 0) is 19.1 Å². The first-order valence-corrected chi connectivity index (χ1v) is 5.58. The number of hydrogen-bond acceptors (Lipinski definition) is 5. The number of benzene rings is 1. The molecule has 6 heteroatoms. The average molecular weight is 259 g/mol. The molecule has 2 N–H and O–H groups in total. The summed E-state index contributed by atoms with van der Waals surface area (Å²) in [5.74, 6) is 0.442. The zero-order valence-corrected chi connectivity index (χ0v) is 10.5. The molecule has 1 heterocycles. The van der Waals surface area contributed by atoms with Crippen LogP contribution in [0.2, 0.25) is 0 Å². The van der Waals surface area contributed by atoms with Crippen LogP contribution in [0.25, 0.3) is 0 Å². The Labute approximate surface area is 110 Å². The molecule has 0 aliphatic rings.